The van der Waals surface area contributed by atoms with E-state index in [4.69, 9.17) is 0 Å². The van der Waals surface area contributed by atoms with E-state index < -0.39 is 0 Å². The van der Waals surface area contributed by atoms with Crippen molar-refractivity contribution in [3.05, 3.63) is 224 Å². The van der Waals surface area contributed by atoms with E-state index in [-0.39, 0.29) is 0 Å². The van der Waals surface area contributed by atoms with Crippen molar-refractivity contribution >= 4 is 118 Å². The summed E-state index contributed by atoms with van der Waals surface area (Å²) >= 11 is 1.86. The molecule has 0 aliphatic heterocycles. The molecule has 3 nitrogen and oxygen atoms in total. The van der Waals surface area contributed by atoms with Crippen LogP contribution in [0.1, 0.15) is 0 Å². The Labute approximate surface area is 371 Å². The van der Waals surface area contributed by atoms with Crippen molar-refractivity contribution in [2.45, 2.75) is 0 Å². The maximum Gasteiger partial charge on any atom is 0.0782 e. The van der Waals surface area contributed by atoms with Crippen LogP contribution in [-0.4, -0.2) is 13.7 Å². The fourth-order valence-electron chi connectivity index (χ4n) is 10.5. The van der Waals surface area contributed by atoms with Crippen molar-refractivity contribution in [3.63, 3.8) is 0 Å². The van der Waals surface area contributed by atoms with E-state index in [9.17, 15) is 0 Å². The van der Waals surface area contributed by atoms with Gasteiger partial charge < -0.3 is 13.7 Å². The van der Waals surface area contributed by atoms with Crippen LogP contribution < -0.4 is 0 Å². The zero-order chi connectivity index (χ0) is 41.9. The Hall–Kier alpha value is -8.18. The maximum absolute atomic E-state index is 2.49. The fourth-order valence-corrected chi connectivity index (χ4v) is 11.7. The second-order valence-corrected chi connectivity index (χ2v) is 18.0. The molecule has 4 heteroatoms. The zero-order valence-corrected chi connectivity index (χ0v) is 35.4. The molecule has 14 aromatic rings. The van der Waals surface area contributed by atoms with Crippen LogP contribution in [0, 0.1) is 0 Å². The molecule has 64 heavy (non-hydrogen) atoms. The predicted molar refractivity (Wildman–Crippen MR) is 275 cm³/mol. The quantitative estimate of drug-likeness (QED) is 0.158. The molecule has 11 aromatic carbocycles. The molecule has 3 heterocycles. The highest BCUT2D eigenvalue weighted by atomic mass is 32.1. The molecule has 0 unspecified atom stereocenters. The molecule has 298 valence electrons. The van der Waals surface area contributed by atoms with Crippen LogP contribution >= 0.6 is 11.3 Å². The lowest BCUT2D eigenvalue weighted by Gasteiger charge is -2.18. The van der Waals surface area contributed by atoms with Crippen molar-refractivity contribution in [3.8, 4) is 17.1 Å². The summed E-state index contributed by atoms with van der Waals surface area (Å²) in [6, 6.07) is 83.5. The second kappa shape index (κ2) is 13.7. The highest BCUT2D eigenvalue weighted by Gasteiger charge is 2.19. The van der Waals surface area contributed by atoms with E-state index >= 15 is 0 Å². The van der Waals surface area contributed by atoms with Gasteiger partial charge in [0.05, 0.1) is 22.4 Å². The lowest BCUT2D eigenvalue weighted by atomic mass is 10.0. The Morgan fingerprint density at radius 3 is 1.59 bits per heavy atom. The van der Waals surface area contributed by atoms with Crippen molar-refractivity contribution in [2.24, 2.45) is 0 Å². The van der Waals surface area contributed by atoms with Gasteiger partial charge in [-0.25, -0.2) is 0 Å². The number of para-hydroxylation sites is 2. The Balaban J connectivity index is 1.14. The lowest BCUT2D eigenvalue weighted by Crippen LogP contribution is -2.02. The van der Waals surface area contributed by atoms with E-state index in [1.807, 2.05) is 11.3 Å². The average Bonchev–Trinajstić information content (AvgIpc) is 3.90. The Kier molecular flexibility index (Phi) is 7.56. The average molecular weight is 832 g/mol. The van der Waals surface area contributed by atoms with E-state index in [1.165, 1.54) is 74.3 Å². The number of fused-ring (bicyclic) bond motifs is 14. The minimum atomic E-state index is 1.09. The second-order valence-electron chi connectivity index (χ2n) is 17.0. The number of rotatable bonds is 3. The summed E-state index contributed by atoms with van der Waals surface area (Å²) in [5.41, 5.74) is 10.2. The van der Waals surface area contributed by atoms with E-state index in [0.29, 0.717) is 0 Å². The van der Waals surface area contributed by atoms with E-state index in [1.54, 1.807) is 0 Å². The molecule has 3 aromatic heterocycles. The van der Waals surface area contributed by atoms with Crippen LogP contribution in [0.25, 0.3) is 124 Å². The zero-order valence-electron chi connectivity index (χ0n) is 34.6. The lowest BCUT2D eigenvalue weighted by molar-refractivity contribution is 1.13. The fraction of sp³-hybridized carbons (Fsp3) is 0. The number of nitrogens with zero attached hydrogens (tertiary/aromatic N) is 3. The molecule has 0 spiro atoms. The largest absolute Gasteiger partial charge is 0.310 e. The number of hydrogen-bond acceptors (Lipinski definition) is 1. The third-order valence-corrected chi connectivity index (χ3v) is 14.5. The number of aromatic nitrogens is 3. The molecule has 0 aliphatic rings. The molecule has 0 radical (unpaired) electrons. The molecule has 0 saturated heterocycles. The maximum atomic E-state index is 2.49. The first-order chi connectivity index (χ1) is 31.7. The van der Waals surface area contributed by atoms with E-state index in [0.717, 1.165) is 49.9 Å². The summed E-state index contributed by atoms with van der Waals surface area (Å²) in [7, 11) is 0. The normalized spacial score (nSPS) is 12.1. The Morgan fingerprint density at radius 1 is 0.266 bits per heavy atom. The van der Waals surface area contributed by atoms with Crippen LogP contribution in [0.3, 0.4) is 0 Å². The minimum absolute atomic E-state index is 1.09. The summed E-state index contributed by atoms with van der Waals surface area (Å²) < 4.78 is 10.0. The molecule has 0 fully saturated rings. The summed E-state index contributed by atoms with van der Waals surface area (Å²) in [6.07, 6.45) is 0. The highest BCUT2D eigenvalue weighted by Crippen LogP contribution is 2.40. The van der Waals surface area contributed by atoms with E-state index in [2.05, 4.69) is 238 Å². The third kappa shape index (κ3) is 5.27. The molecule has 0 saturated carbocycles. The molecule has 0 N–H and O–H groups in total. The first-order valence-corrected chi connectivity index (χ1v) is 22.7. The van der Waals surface area contributed by atoms with Crippen molar-refractivity contribution < 1.29 is 0 Å². The first kappa shape index (κ1) is 35.4. The molecule has 14 rings (SSSR count). The summed E-state index contributed by atoms with van der Waals surface area (Å²) in [6.45, 7) is 0. The smallest absolute Gasteiger partial charge is 0.0782 e. The van der Waals surface area contributed by atoms with Crippen LogP contribution in [0.2, 0.25) is 0 Å². The molecular formula is C60H37N3S. The van der Waals surface area contributed by atoms with Gasteiger partial charge in [0.25, 0.3) is 0 Å². The van der Waals surface area contributed by atoms with Crippen molar-refractivity contribution in [2.75, 3.05) is 0 Å². The number of benzene rings is 11. The van der Waals surface area contributed by atoms with Crippen molar-refractivity contribution in [1.82, 2.24) is 13.7 Å². The van der Waals surface area contributed by atoms with Gasteiger partial charge in [0.15, 0.2) is 0 Å². The topological polar surface area (TPSA) is 14.8 Å². The van der Waals surface area contributed by atoms with Crippen LogP contribution in [0.5, 0.6) is 0 Å². The Bertz CT molecular complexity index is 4320. The summed E-state index contributed by atoms with van der Waals surface area (Å²) in [5.74, 6) is 0. The minimum Gasteiger partial charge on any atom is -0.310 e. The third-order valence-electron chi connectivity index (χ3n) is 13.4. The molecule has 0 aliphatic carbocycles. The van der Waals surface area contributed by atoms with Gasteiger partial charge in [-0.2, -0.15) is 0 Å². The van der Waals surface area contributed by atoms with Gasteiger partial charge in [0, 0.05) is 64.1 Å². The SMILES string of the molecule is c1ccc2c(-n3c4ccccc4c4cccc(-n5c6cccc(c6)c6cccc(c6)n(-c6ccc7c(c6)sc6ccccc67)c6ccc7ccc8ccc5cc8c7c6)c43)cccc2c1. The predicted octanol–water partition coefficient (Wildman–Crippen LogP) is 16.8. The summed E-state index contributed by atoms with van der Waals surface area (Å²) in [5, 5.41) is 14.6. The monoisotopic (exact) mass is 831 g/mol. The molecular weight excluding hydrogens is 795 g/mol. The standard InChI is InChI=1S/C60H37N3S/c1-2-17-48-38(11-1)12-9-22-55(48)63-56-21-5-3-18-49(56)52-20-10-23-57(60(52)63)62-44-16-8-14-42(34-44)41-13-7-15-43(33-41)61(47-31-32-51-50-19-4-6-24-58(50)64-59(51)37-47)45-29-27-39-25-26-40-28-30-46(62)36-54(40)53(39)35-45/h1-37H. The molecule has 0 amide bonds. The molecule has 0 atom stereocenters. The van der Waals surface area contributed by atoms with Crippen LogP contribution in [0.4, 0.5) is 0 Å². The first-order valence-electron chi connectivity index (χ1n) is 21.9. The van der Waals surface area contributed by atoms with Gasteiger partial charge in [-0.3, -0.25) is 0 Å². The van der Waals surface area contributed by atoms with Crippen LogP contribution in [-0.2, 0) is 0 Å². The Morgan fingerprint density at radius 2 is 0.797 bits per heavy atom. The van der Waals surface area contributed by atoms with Gasteiger partial charge >= 0.3 is 0 Å². The van der Waals surface area contributed by atoms with Gasteiger partial charge in [-0.05, 0) is 123 Å². The number of hydrogen-bond donors (Lipinski definition) is 0. The molecule has 8 bridgehead atoms. The van der Waals surface area contributed by atoms with Gasteiger partial charge in [0.1, 0.15) is 0 Å². The van der Waals surface area contributed by atoms with Crippen LogP contribution in [0.15, 0.2) is 224 Å². The van der Waals surface area contributed by atoms with Gasteiger partial charge in [-0.1, -0.05) is 140 Å². The summed E-state index contributed by atoms with van der Waals surface area (Å²) in [4.78, 5) is 0. The van der Waals surface area contributed by atoms with Gasteiger partial charge in [0.2, 0.25) is 0 Å². The van der Waals surface area contributed by atoms with Crippen molar-refractivity contribution in [1.29, 1.82) is 0 Å². The van der Waals surface area contributed by atoms with Gasteiger partial charge in [-0.15, -0.1) is 11.3 Å². The highest BCUT2D eigenvalue weighted by molar-refractivity contribution is 7.25. The number of thiophene rings is 1.